The molecule has 4 aromatic rings. The minimum atomic E-state index is -1.12. The lowest BCUT2D eigenvalue weighted by molar-refractivity contribution is -0.112. The zero-order valence-electron chi connectivity index (χ0n) is 22.0. The van der Waals surface area contributed by atoms with Gasteiger partial charge in [-0.25, -0.2) is 4.79 Å². The Morgan fingerprint density at radius 2 is 1.77 bits per heavy atom. The first-order chi connectivity index (χ1) is 19.4. The predicted octanol–water partition coefficient (Wildman–Crippen LogP) is 6.79. The number of aromatic carboxylic acids is 1. The van der Waals surface area contributed by atoms with Gasteiger partial charge in [-0.15, -0.1) is 6.58 Å². The van der Waals surface area contributed by atoms with Crippen LogP contribution < -0.4 is 14.8 Å². The Labute approximate surface area is 232 Å². The summed E-state index contributed by atoms with van der Waals surface area (Å²) in [6.07, 6.45) is 3.68. The summed E-state index contributed by atoms with van der Waals surface area (Å²) in [5, 5.41) is 23.7. The van der Waals surface area contributed by atoms with Gasteiger partial charge in [0.2, 0.25) is 0 Å². The van der Waals surface area contributed by atoms with Crippen LogP contribution in [0, 0.1) is 11.3 Å². The first-order valence-electron chi connectivity index (χ1n) is 12.7. The van der Waals surface area contributed by atoms with Gasteiger partial charge >= 0.3 is 5.97 Å². The third-order valence-corrected chi connectivity index (χ3v) is 6.11. The molecular formula is C33H28N2O5. The first-order valence-corrected chi connectivity index (χ1v) is 12.7. The van der Waals surface area contributed by atoms with Crippen molar-refractivity contribution in [3.63, 3.8) is 0 Å². The molecule has 7 heteroatoms. The van der Waals surface area contributed by atoms with Crippen molar-refractivity contribution in [1.82, 2.24) is 0 Å². The minimum absolute atomic E-state index is 0.0230. The van der Waals surface area contributed by atoms with Gasteiger partial charge in [-0.3, -0.25) is 4.79 Å². The van der Waals surface area contributed by atoms with Crippen molar-refractivity contribution >= 4 is 34.4 Å². The molecule has 1 amide bonds. The summed E-state index contributed by atoms with van der Waals surface area (Å²) in [5.74, 6) is -0.724. The Balaban J connectivity index is 1.65. The maximum absolute atomic E-state index is 12.9. The van der Waals surface area contributed by atoms with Gasteiger partial charge < -0.3 is 19.9 Å². The number of nitrogens with zero attached hydrogens (tertiary/aromatic N) is 1. The van der Waals surface area contributed by atoms with Gasteiger partial charge in [0.25, 0.3) is 5.91 Å². The van der Waals surface area contributed by atoms with Crippen LogP contribution in [0.15, 0.2) is 97.1 Å². The minimum Gasteiger partial charge on any atom is -0.490 e. The molecule has 0 radical (unpaired) electrons. The van der Waals surface area contributed by atoms with Gasteiger partial charge in [0.1, 0.15) is 18.2 Å². The summed E-state index contributed by atoms with van der Waals surface area (Å²) in [5.41, 5.74) is 2.53. The number of benzene rings is 4. The molecular weight excluding hydrogens is 504 g/mol. The lowest BCUT2D eigenvalue weighted by Crippen LogP contribution is -2.14. The Bertz CT molecular complexity index is 1640. The van der Waals surface area contributed by atoms with Gasteiger partial charge in [-0.05, 0) is 71.7 Å². The van der Waals surface area contributed by atoms with Crippen LogP contribution in [0.2, 0.25) is 0 Å². The highest BCUT2D eigenvalue weighted by Gasteiger charge is 2.16. The fourth-order valence-corrected chi connectivity index (χ4v) is 4.31. The van der Waals surface area contributed by atoms with Crippen molar-refractivity contribution in [2.75, 3.05) is 11.9 Å². The number of rotatable bonds is 11. The third-order valence-electron chi connectivity index (χ3n) is 6.11. The normalized spacial score (nSPS) is 10.9. The van der Waals surface area contributed by atoms with Crippen molar-refractivity contribution in [2.45, 2.75) is 20.0 Å². The molecule has 0 heterocycles. The van der Waals surface area contributed by atoms with E-state index in [0.717, 1.165) is 21.9 Å². The molecule has 0 bridgehead atoms. The number of ether oxygens (including phenoxy) is 2. The molecule has 0 aliphatic carbocycles. The largest absolute Gasteiger partial charge is 0.490 e. The number of amides is 1. The second-order valence-electron chi connectivity index (χ2n) is 8.87. The summed E-state index contributed by atoms with van der Waals surface area (Å²) < 4.78 is 12.2. The van der Waals surface area contributed by atoms with E-state index in [0.29, 0.717) is 36.7 Å². The SMILES string of the molecule is C=CCc1cc(/C=C(/C#N)C(=O)Nc2cccc(C(=O)O)c2)cc(OCC)c1OCc1cccc2ccccc12. The van der Waals surface area contributed by atoms with Gasteiger partial charge in [0.05, 0.1) is 12.2 Å². The molecule has 0 atom stereocenters. The lowest BCUT2D eigenvalue weighted by atomic mass is 10.0. The highest BCUT2D eigenvalue weighted by molar-refractivity contribution is 6.10. The molecule has 0 saturated carbocycles. The van der Waals surface area contributed by atoms with Gasteiger partial charge in [-0.1, -0.05) is 54.6 Å². The highest BCUT2D eigenvalue weighted by atomic mass is 16.5. The first kappa shape index (κ1) is 27.7. The van der Waals surface area contributed by atoms with Crippen molar-refractivity contribution in [1.29, 1.82) is 5.26 Å². The summed E-state index contributed by atoms with van der Waals surface area (Å²) >= 11 is 0. The zero-order chi connectivity index (χ0) is 28.5. The fourth-order valence-electron chi connectivity index (χ4n) is 4.31. The number of nitrogens with one attached hydrogen (secondary N) is 1. The van der Waals surface area contributed by atoms with Crippen LogP contribution in [-0.4, -0.2) is 23.6 Å². The van der Waals surface area contributed by atoms with Gasteiger partial charge in [0, 0.05) is 11.3 Å². The Kier molecular flexibility index (Phi) is 8.95. The maximum Gasteiger partial charge on any atom is 0.335 e. The summed E-state index contributed by atoms with van der Waals surface area (Å²) in [4.78, 5) is 24.1. The number of carbonyl (C=O) groups is 2. The molecule has 200 valence electrons. The van der Waals surface area contributed by atoms with Crippen molar-refractivity contribution in [2.24, 2.45) is 0 Å². The monoisotopic (exact) mass is 532 g/mol. The predicted molar refractivity (Wildman–Crippen MR) is 155 cm³/mol. The van der Waals surface area contributed by atoms with Crippen LogP contribution >= 0.6 is 0 Å². The van der Waals surface area contributed by atoms with E-state index < -0.39 is 11.9 Å². The van der Waals surface area contributed by atoms with E-state index in [1.165, 1.54) is 24.3 Å². The number of carboxylic acids is 1. The second kappa shape index (κ2) is 12.9. The maximum atomic E-state index is 12.9. The second-order valence-corrected chi connectivity index (χ2v) is 8.87. The molecule has 0 aliphatic rings. The van der Waals surface area contributed by atoms with Crippen LogP contribution in [0.3, 0.4) is 0 Å². The summed E-state index contributed by atoms with van der Waals surface area (Å²) in [7, 11) is 0. The van der Waals surface area contributed by atoms with Crippen LogP contribution in [0.4, 0.5) is 5.69 Å². The molecule has 0 saturated heterocycles. The molecule has 0 spiro atoms. The number of anilines is 1. The standard InChI is InChI=1S/C33H28N2O5/c1-3-9-24-16-22(17-27(20-34)32(36)35-28-14-8-12-25(19-28)33(37)38)18-30(39-4-2)31(24)40-21-26-13-7-11-23-10-5-6-15-29(23)26/h3,5-8,10-19H,1,4,9,21H2,2H3,(H,35,36)(H,37,38)/b27-17-. The van der Waals surface area contributed by atoms with Crippen molar-refractivity contribution < 1.29 is 24.2 Å². The van der Waals surface area contributed by atoms with E-state index >= 15 is 0 Å². The Hall–Kier alpha value is -5.35. The van der Waals surface area contributed by atoms with Gasteiger partial charge in [-0.2, -0.15) is 5.26 Å². The van der Waals surface area contributed by atoms with Crippen LogP contribution in [0.5, 0.6) is 11.5 Å². The number of hydrogen-bond donors (Lipinski definition) is 2. The lowest BCUT2D eigenvalue weighted by Gasteiger charge is -2.17. The molecule has 7 nitrogen and oxygen atoms in total. The summed E-state index contributed by atoms with van der Waals surface area (Å²) in [6.45, 7) is 6.44. The molecule has 0 fully saturated rings. The van der Waals surface area contributed by atoms with E-state index in [-0.39, 0.29) is 16.8 Å². The Morgan fingerprint density at radius 1 is 1.00 bits per heavy atom. The zero-order valence-corrected chi connectivity index (χ0v) is 22.0. The molecule has 40 heavy (non-hydrogen) atoms. The van der Waals surface area contributed by atoms with E-state index in [4.69, 9.17) is 9.47 Å². The van der Waals surface area contributed by atoms with Crippen LogP contribution in [0.25, 0.3) is 16.8 Å². The van der Waals surface area contributed by atoms with Crippen LogP contribution in [0.1, 0.15) is 34.0 Å². The topological polar surface area (TPSA) is 109 Å². The van der Waals surface area contributed by atoms with Crippen LogP contribution in [-0.2, 0) is 17.8 Å². The Morgan fingerprint density at radius 3 is 2.52 bits per heavy atom. The fraction of sp³-hybridized carbons (Fsp3) is 0.121. The van der Waals surface area contributed by atoms with E-state index in [1.807, 2.05) is 43.3 Å². The van der Waals surface area contributed by atoms with E-state index in [2.05, 4.69) is 30.1 Å². The highest BCUT2D eigenvalue weighted by Crippen LogP contribution is 2.36. The molecule has 4 rings (SSSR count). The third kappa shape index (κ3) is 6.55. The van der Waals surface area contributed by atoms with Crippen molar-refractivity contribution in [3.8, 4) is 17.6 Å². The smallest absolute Gasteiger partial charge is 0.335 e. The van der Waals surface area contributed by atoms with Gasteiger partial charge in [0.15, 0.2) is 11.5 Å². The molecule has 4 aromatic carbocycles. The van der Waals surface area contributed by atoms with E-state index in [1.54, 1.807) is 18.2 Å². The molecule has 0 aliphatic heterocycles. The van der Waals surface area contributed by atoms with Crippen molar-refractivity contribution in [3.05, 3.63) is 119 Å². The number of nitriles is 1. The quantitative estimate of drug-likeness (QED) is 0.125. The number of allylic oxidation sites excluding steroid dienone is 1. The number of carbonyl (C=O) groups excluding carboxylic acids is 1. The molecule has 0 aromatic heterocycles. The number of hydrogen-bond acceptors (Lipinski definition) is 5. The summed E-state index contributed by atoms with van der Waals surface area (Å²) in [6, 6.07) is 25.5. The van der Waals surface area contributed by atoms with E-state index in [9.17, 15) is 20.0 Å². The molecule has 0 unspecified atom stereocenters. The molecule has 2 N–H and O–H groups in total. The average Bonchev–Trinajstić information content (AvgIpc) is 2.96. The number of carboxylic acid groups (broad SMARTS) is 1. The number of fused-ring (bicyclic) bond motifs is 1. The average molecular weight is 533 g/mol.